The Morgan fingerprint density at radius 1 is 1.15 bits per heavy atom. The van der Waals surface area contributed by atoms with Crippen LogP contribution < -0.4 is 11.1 Å². The predicted octanol–water partition coefficient (Wildman–Crippen LogP) is 1.41. The summed E-state index contributed by atoms with van der Waals surface area (Å²) in [7, 11) is -3.67. The van der Waals surface area contributed by atoms with Gasteiger partial charge in [0.05, 0.1) is 0 Å². The molecule has 0 radical (unpaired) electrons. The van der Waals surface area contributed by atoms with Crippen molar-refractivity contribution >= 4 is 34.2 Å². The van der Waals surface area contributed by atoms with Crippen LogP contribution in [0.5, 0.6) is 0 Å². The number of hydrogen-bond acceptors (Lipinski definition) is 5. The van der Waals surface area contributed by atoms with E-state index < -0.39 is 10.0 Å². The molecule has 1 saturated heterocycles. The van der Waals surface area contributed by atoms with Crippen molar-refractivity contribution in [1.29, 1.82) is 0 Å². The Labute approximate surface area is 165 Å². The number of amidine groups is 1. The van der Waals surface area contributed by atoms with Gasteiger partial charge in [-0.25, -0.2) is 0 Å². The van der Waals surface area contributed by atoms with Crippen molar-refractivity contribution in [3.05, 3.63) is 29.8 Å². The average molecular weight is 413 g/mol. The van der Waals surface area contributed by atoms with Crippen LogP contribution >= 0.6 is 12.4 Å². The number of amides is 1. The molecule has 3 aliphatic rings. The Kier molecular flexibility index (Phi) is 5.79. The van der Waals surface area contributed by atoms with Crippen LogP contribution in [0.1, 0.15) is 44.1 Å². The highest BCUT2D eigenvalue weighted by Gasteiger charge is 2.39. The summed E-state index contributed by atoms with van der Waals surface area (Å²) in [5.41, 5.74) is 6.53. The molecule has 0 bridgehead atoms. The topological polar surface area (TPSA) is 105 Å². The van der Waals surface area contributed by atoms with Gasteiger partial charge in [0.2, 0.25) is 5.91 Å². The van der Waals surface area contributed by atoms with Crippen LogP contribution in [0, 0.1) is 0 Å². The second-order valence-corrected chi connectivity index (χ2v) is 8.93. The summed E-state index contributed by atoms with van der Waals surface area (Å²) in [6.45, 7) is 0.635. The minimum absolute atomic E-state index is 0. The first-order chi connectivity index (χ1) is 12.5. The quantitative estimate of drug-likeness (QED) is 0.764. The van der Waals surface area contributed by atoms with Gasteiger partial charge in [-0.05, 0) is 50.7 Å². The van der Waals surface area contributed by atoms with E-state index >= 15 is 0 Å². The van der Waals surface area contributed by atoms with Crippen molar-refractivity contribution in [1.82, 2.24) is 10.2 Å². The average Bonchev–Trinajstić information content (AvgIpc) is 3.20. The third-order valence-electron chi connectivity index (χ3n) is 5.56. The van der Waals surface area contributed by atoms with Gasteiger partial charge in [-0.3, -0.25) is 4.79 Å². The fraction of sp³-hybridized carbons (Fsp3) is 0.556. The van der Waals surface area contributed by atoms with E-state index in [9.17, 15) is 13.2 Å². The van der Waals surface area contributed by atoms with E-state index in [2.05, 4.69) is 9.71 Å². The lowest BCUT2D eigenvalue weighted by Gasteiger charge is -2.30. The maximum absolute atomic E-state index is 12.8. The summed E-state index contributed by atoms with van der Waals surface area (Å²) in [5.74, 6) is 0.372. The Morgan fingerprint density at radius 2 is 1.85 bits per heavy atom. The van der Waals surface area contributed by atoms with Gasteiger partial charge in [0.15, 0.2) is 5.84 Å². The van der Waals surface area contributed by atoms with Gasteiger partial charge in [0, 0.05) is 24.2 Å². The summed E-state index contributed by atoms with van der Waals surface area (Å²) >= 11 is 0. The molecule has 1 atom stereocenters. The third kappa shape index (κ3) is 3.83. The number of nitrogens with two attached hydrogens (primary N) is 1. The number of nitrogens with one attached hydrogen (secondary N) is 1. The van der Waals surface area contributed by atoms with Gasteiger partial charge in [0.25, 0.3) is 10.0 Å². The number of nitrogens with zero attached hydrogens (tertiary/aromatic N) is 2. The SMILES string of the molecule is Cl.NC1CCC(NC(=O)C2CCCN2C2=NS(=O)(=O)c3ccccc32)CC1. The maximum atomic E-state index is 12.8. The summed E-state index contributed by atoms with van der Waals surface area (Å²) in [5, 5.41) is 3.14. The van der Waals surface area contributed by atoms with Crippen LogP contribution in [0.15, 0.2) is 33.6 Å². The molecule has 2 fully saturated rings. The molecule has 4 rings (SSSR count). The highest BCUT2D eigenvalue weighted by Crippen LogP contribution is 2.31. The van der Waals surface area contributed by atoms with Gasteiger partial charge in [-0.2, -0.15) is 8.42 Å². The normalized spacial score (nSPS) is 28.9. The van der Waals surface area contributed by atoms with Crippen LogP contribution in [0.2, 0.25) is 0 Å². The van der Waals surface area contributed by atoms with Gasteiger partial charge < -0.3 is 16.0 Å². The Morgan fingerprint density at radius 3 is 2.59 bits per heavy atom. The first-order valence-electron chi connectivity index (χ1n) is 9.23. The first kappa shape index (κ1) is 20.1. The molecule has 1 saturated carbocycles. The molecule has 0 spiro atoms. The first-order valence-corrected chi connectivity index (χ1v) is 10.7. The highest BCUT2D eigenvalue weighted by molar-refractivity contribution is 7.90. The monoisotopic (exact) mass is 412 g/mol. The predicted molar refractivity (Wildman–Crippen MR) is 106 cm³/mol. The molecule has 3 N–H and O–H groups in total. The zero-order valence-electron chi connectivity index (χ0n) is 15.0. The molecule has 1 unspecified atom stereocenters. The van der Waals surface area contributed by atoms with Crippen LogP contribution in [0.25, 0.3) is 0 Å². The summed E-state index contributed by atoms with van der Waals surface area (Å²) in [6.07, 6.45) is 5.21. The molecule has 1 amide bonds. The van der Waals surface area contributed by atoms with Crippen molar-refractivity contribution in [2.75, 3.05) is 6.54 Å². The lowest BCUT2D eigenvalue weighted by atomic mass is 9.91. The molecule has 1 aromatic carbocycles. The van der Waals surface area contributed by atoms with E-state index in [-0.39, 0.29) is 41.3 Å². The van der Waals surface area contributed by atoms with Gasteiger partial charge in [0.1, 0.15) is 10.9 Å². The number of benzene rings is 1. The Balaban J connectivity index is 0.00000210. The van der Waals surface area contributed by atoms with Gasteiger partial charge >= 0.3 is 0 Å². The van der Waals surface area contributed by atoms with E-state index in [1.54, 1.807) is 24.3 Å². The smallest absolute Gasteiger partial charge is 0.285 e. The molecule has 1 aliphatic carbocycles. The molecule has 2 aliphatic heterocycles. The van der Waals surface area contributed by atoms with Crippen molar-refractivity contribution in [3.8, 4) is 0 Å². The fourth-order valence-electron chi connectivity index (χ4n) is 4.15. The van der Waals surface area contributed by atoms with Crippen LogP contribution in [0.3, 0.4) is 0 Å². The van der Waals surface area contributed by atoms with E-state index in [0.717, 1.165) is 32.1 Å². The number of hydrogen-bond donors (Lipinski definition) is 2. The zero-order valence-corrected chi connectivity index (χ0v) is 16.6. The number of carbonyl (C=O) groups is 1. The highest BCUT2D eigenvalue weighted by atomic mass is 35.5. The van der Waals surface area contributed by atoms with Crippen LogP contribution in [-0.2, 0) is 14.8 Å². The molecular weight excluding hydrogens is 388 g/mol. The zero-order chi connectivity index (χ0) is 18.3. The van der Waals surface area contributed by atoms with E-state index in [4.69, 9.17) is 5.73 Å². The number of likely N-dealkylation sites (tertiary alicyclic amines) is 1. The van der Waals surface area contributed by atoms with E-state index in [1.165, 1.54) is 0 Å². The summed E-state index contributed by atoms with van der Waals surface area (Å²) < 4.78 is 28.6. The summed E-state index contributed by atoms with van der Waals surface area (Å²) in [4.78, 5) is 14.9. The molecule has 0 aromatic heterocycles. The largest absolute Gasteiger partial charge is 0.352 e. The molecule has 9 heteroatoms. The maximum Gasteiger partial charge on any atom is 0.285 e. The molecular formula is C18H25ClN4O3S. The minimum Gasteiger partial charge on any atom is -0.352 e. The van der Waals surface area contributed by atoms with Crippen molar-refractivity contribution in [2.24, 2.45) is 10.1 Å². The second-order valence-electron chi connectivity index (χ2n) is 7.36. The molecule has 2 heterocycles. The number of sulfonamides is 1. The van der Waals surface area contributed by atoms with Crippen molar-refractivity contribution < 1.29 is 13.2 Å². The molecule has 1 aromatic rings. The van der Waals surface area contributed by atoms with Crippen LogP contribution in [-0.4, -0.2) is 49.7 Å². The lowest BCUT2D eigenvalue weighted by Crippen LogP contribution is -2.50. The van der Waals surface area contributed by atoms with Crippen LogP contribution in [0.4, 0.5) is 0 Å². The molecule has 27 heavy (non-hydrogen) atoms. The molecule has 7 nitrogen and oxygen atoms in total. The number of rotatable bonds is 2. The Hall–Kier alpha value is -1.64. The van der Waals surface area contributed by atoms with E-state index in [1.807, 2.05) is 4.90 Å². The standard InChI is InChI=1S/C18H24N4O3S.ClH/c19-12-7-9-13(10-8-12)20-18(23)15-5-3-11-22(15)17-14-4-1-2-6-16(14)26(24,25)21-17;/h1-2,4,6,12-13,15H,3,5,7-11,19H2,(H,20,23);1H. The van der Waals surface area contributed by atoms with E-state index in [0.29, 0.717) is 24.4 Å². The van der Waals surface area contributed by atoms with Crippen molar-refractivity contribution in [3.63, 3.8) is 0 Å². The number of carbonyl (C=O) groups excluding carboxylic acids is 1. The second kappa shape index (κ2) is 7.77. The van der Waals surface area contributed by atoms with Gasteiger partial charge in [-0.1, -0.05) is 12.1 Å². The summed E-state index contributed by atoms with van der Waals surface area (Å²) in [6, 6.07) is 6.84. The fourth-order valence-corrected chi connectivity index (χ4v) is 5.37. The minimum atomic E-state index is -3.67. The van der Waals surface area contributed by atoms with Gasteiger partial charge in [-0.15, -0.1) is 16.8 Å². The number of fused-ring (bicyclic) bond motifs is 1. The molecule has 148 valence electrons. The van der Waals surface area contributed by atoms with Crippen molar-refractivity contribution in [2.45, 2.75) is 61.5 Å². The Bertz CT molecular complexity index is 850. The number of halogens is 1. The third-order valence-corrected chi connectivity index (χ3v) is 6.88. The lowest BCUT2D eigenvalue weighted by molar-refractivity contribution is -0.125.